The zero-order chi connectivity index (χ0) is 16.9. The van der Waals surface area contributed by atoms with Crippen molar-refractivity contribution in [3.8, 4) is 0 Å². The molecule has 7 nitrogen and oxygen atoms in total. The monoisotopic (exact) mass is 338 g/mol. The number of carbonyl (C=O) groups is 1. The van der Waals surface area contributed by atoms with Crippen LogP contribution in [0.15, 0.2) is 16.5 Å². The second-order valence-corrected chi connectivity index (χ2v) is 6.40. The quantitative estimate of drug-likeness (QED) is 0.887. The minimum atomic E-state index is -0.191. The first-order chi connectivity index (χ1) is 11.6. The van der Waals surface area contributed by atoms with Crippen LogP contribution in [0, 0.1) is 6.92 Å². The molecule has 0 aliphatic carbocycles. The van der Waals surface area contributed by atoms with E-state index in [1.165, 1.54) is 0 Å². The summed E-state index contributed by atoms with van der Waals surface area (Å²) in [5, 5.41) is 3.00. The van der Waals surface area contributed by atoms with Gasteiger partial charge in [0.05, 0.1) is 38.6 Å². The van der Waals surface area contributed by atoms with Crippen LogP contribution in [0.25, 0.3) is 0 Å². The molecule has 2 saturated heterocycles. The first-order valence-corrected chi connectivity index (χ1v) is 8.54. The number of nitrogens with zero attached hydrogens (tertiary/aromatic N) is 1. The maximum absolute atomic E-state index is 12.6. The van der Waals surface area contributed by atoms with Crippen LogP contribution >= 0.6 is 0 Å². The highest BCUT2D eigenvalue weighted by atomic mass is 16.5. The van der Waals surface area contributed by atoms with Crippen LogP contribution in [0.4, 0.5) is 4.79 Å². The Morgan fingerprint density at radius 3 is 2.92 bits per heavy atom. The van der Waals surface area contributed by atoms with Gasteiger partial charge in [-0.15, -0.1) is 0 Å². The maximum Gasteiger partial charge on any atom is 0.318 e. The predicted molar refractivity (Wildman–Crippen MR) is 86.9 cm³/mol. The first-order valence-electron chi connectivity index (χ1n) is 8.54. The number of furan rings is 1. The summed E-state index contributed by atoms with van der Waals surface area (Å²) in [6, 6.07) is 3.43. The number of rotatable bonds is 5. The predicted octanol–water partition coefficient (Wildman–Crippen LogP) is 1.86. The van der Waals surface area contributed by atoms with Crippen LogP contribution in [-0.2, 0) is 14.2 Å². The van der Waals surface area contributed by atoms with E-state index < -0.39 is 0 Å². The Bertz CT molecular complexity index is 541. The molecule has 3 unspecified atom stereocenters. The van der Waals surface area contributed by atoms with Crippen molar-refractivity contribution in [3.05, 3.63) is 23.7 Å². The largest absolute Gasteiger partial charge is 0.464 e. The highest BCUT2D eigenvalue weighted by molar-refractivity contribution is 5.75. The van der Waals surface area contributed by atoms with Crippen molar-refractivity contribution < 1.29 is 23.4 Å². The van der Waals surface area contributed by atoms with E-state index in [9.17, 15) is 4.79 Å². The average Bonchev–Trinajstić information content (AvgIpc) is 3.24. The Morgan fingerprint density at radius 1 is 1.38 bits per heavy atom. The van der Waals surface area contributed by atoms with E-state index in [2.05, 4.69) is 5.32 Å². The number of hydrogen-bond acceptors (Lipinski definition) is 5. The Hall–Kier alpha value is -1.57. The van der Waals surface area contributed by atoms with E-state index in [0.29, 0.717) is 33.0 Å². The molecule has 2 fully saturated rings. The molecule has 2 aliphatic heterocycles. The third-order valence-corrected chi connectivity index (χ3v) is 4.32. The summed E-state index contributed by atoms with van der Waals surface area (Å²) in [5.41, 5.74) is 0. The Labute approximate surface area is 142 Å². The second kappa shape index (κ2) is 8.00. The Morgan fingerprint density at radius 2 is 2.21 bits per heavy atom. The van der Waals surface area contributed by atoms with E-state index >= 15 is 0 Å². The topological polar surface area (TPSA) is 73.2 Å². The number of morpholine rings is 1. The van der Waals surface area contributed by atoms with Crippen LogP contribution in [0.2, 0.25) is 0 Å². The summed E-state index contributed by atoms with van der Waals surface area (Å²) < 4.78 is 22.3. The third-order valence-electron chi connectivity index (χ3n) is 4.32. The normalized spacial score (nSPS) is 25.7. The molecule has 3 rings (SSSR count). The molecule has 24 heavy (non-hydrogen) atoms. The van der Waals surface area contributed by atoms with Crippen molar-refractivity contribution in [1.29, 1.82) is 0 Å². The van der Waals surface area contributed by atoms with Crippen molar-refractivity contribution in [2.45, 2.75) is 38.5 Å². The standard InChI is InChI=1S/C17H26N2O5/c1-12(9-23-14-5-7-21-10-14)18-17(20)19-6-8-22-11-15(19)16-4-3-13(2)24-16/h3-4,12,14-15H,5-11H2,1-2H3,(H,18,20). The van der Waals surface area contributed by atoms with Gasteiger partial charge in [0.15, 0.2) is 0 Å². The van der Waals surface area contributed by atoms with Gasteiger partial charge < -0.3 is 28.8 Å². The molecule has 2 aliphatic rings. The van der Waals surface area contributed by atoms with Crippen molar-refractivity contribution in [3.63, 3.8) is 0 Å². The minimum Gasteiger partial charge on any atom is -0.464 e. The van der Waals surface area contributed by atoms with Gasteiger partial charge in [0, 0.05) is 13.2 Å². The van der Waals surface area contributed by atoms with E-state index in [4.69, 9.17) is 18.6 Å². The summed E-state index contributed by atoms with van der Waals surface area (Å²) >= 11 is 0. The number of amides is 2. The molecule has 0 aromatic carbocycles. The number of aryl methyl sites for hydroxylation is 1. The third kappa shape index (κ3) is 4.28. The van der Waals surface area contributed by atoms with Gasteiger partial charge in [0.25, 0.3) is 0 Å². The number of hydrogen-bond donors (Lipinski definition) is 1. The summed E-state index contributed by atoms with van der Waals surface area (Å²) in [6.45, 7) is 7.24. The van der Waals surface area contributed by atoms with Crippen LogP contribution in [-0.4, -0.2) is 62.7 Å². The molecule has 3 atom stereocenters. The lowest BCUT2D eigenvalue weighted by Crippen LogP contribution is -2.51. The molecule has 1 N–H and O–H groups in total. The van der Waals surface area contributed by atoms with Gasteiger partial charge >= 0.3 is 6.03 Å². The zero-order valence-electron chi connectivity index (χ0n) is 14.3. The lowest BCUT2D eigenvalue weighted by atomic mass is 10.2. The summed E-state index contributed by atoms with van der Waals surface area (Å²) in [6.07, 6.45) is 1.07. The van der Waals surface area contributed by atoms with E-state index in [0.717, 1.165) is 24.5 Å². The lowest BCUT2D eigenvalue weighted by molar-refractivity contribution is 0.000899. The number of carbonyl (C=O) groups excluding carboxylic acids is 1. The van der Waals surface area contributed by atoms with Crippen LogP contribution < -0.4 is 5.32 Å². The van der Waals surface area contributed by atoms with Gasteiger partial charge in [-0.2, -0.15) is 0 Å². The first kappa shape index (κ1) is 17.3. The van der Waals surface area contributed by atoms with Gasteiger partial charge in [-0.25, -0.2) is 4.79 Å². The van der Waals surface area contributed by atoms with Gasteiger partial charge in [-0.1, -0.05) is 0 Å². The Kier molecular flexibility index (Phi) is 5.76. The van der Waals surface area contributed by atoms with Crippen molar-refractivity contribution in [1.82, 2.24) is 10.2 Å². The number of urea groups is 1. The smallest absolute Gasteiger partial charge is 0.318 e. The van der Waals surface area contributed by atoms with E-state index in [1.54, 1.807) is 4.90 Å². The molecule has 0 saturated carbocycles. The summed E-state index contributed by atoms with van der Waals surface area (Å²) in [4.78, 5) is 14.4. The fraction of sp³-hybridized carbons (Fsp3) is 0.706. The molecule has 0 bridgehead atoms. The molecule has 7 heteroatoms. The number of nitrogens with one attached hydrogen (secondary N) is 1. The van der Waals surface area contributed by atoms with Crippen molar-refractivity contribution >= 4 is 6.03 Å². The van der Waals surface area contributed by atoms with Crippen LogP contribution in [0.3, 0.4) is 0 Å². The maximum atomic E-state index is 12.6. The molecule has 0 radical (unpaired) electrons. The van der Waals surface area contributed by atoms with Crippen LogP contribution in [0.1, 0.15) is 30.9 Å². The molecule has 3 heterocycles. The van der Waals surface area contributed by atoms with Gasteiger partial charge in [-0.3, -0.25) is 0 Å². The summed E-state index contributed by atoms with van der Waals surface area (Å²) in [7, 11) is 0. The zero-order valence-corrected chi connectivity index (χ0v) is 14.3. The molecule has 0 spiro atoms. The highest BCUT2D eigenvalue weighted by Crippen LogP contribution is 2.26. The molecule has 2 amide bonds. The second-order valence-electron chi connectivity index (χ2n) is 6.40. The molecular formula is C17H26N2O5. The van der Waals surface area contributed by atoms with Gasteiger partial charge in [0.2, 0.25) is 0 Å². The molecular weight excluding hydrogens is 312 g/mol. The highest BCUT2D eigenvalue weighted by Gasteiger charge is 2.31. The molecule has 1 aromatic rings. The fourth-order valence-electron chi connectivity index (χ4n) is 2.98. The number of ether oxygens (including phenoxy) is 3. The average molecular weight is 338 g/mol. The minimum absolute atomic E-state index is 0.0695. The fourth-order valence-corrected chi connectivity index (χ4v) is 2.98. The van der Waals surface area contributed by atoms with E-state index in [1.807, 2.05) is 26.0 Å². The molecule has 1 aromatic heterocycles. The SMILES string of the molecule is Cc1ccc(C2COCCN2C(=O)NC(C)COC2CCOC2)o1. The van der Waals surface area contributed by atoms with Crippen molar-refractivity contribution in [2.24, 2.45) is 0 Å². The van der Waals surface area contributed by atoms with Crippen LogP contribution in [0.5, 0.6) is 0 Å². The molecule has 134 valence electrons. The lowest BCUT2D eigenvalue weighted by Gasteiger charge is -2.35. The van der Waals surface area contributed by atoms with E-state index in [-0.39, 0.29) is 24.2 Å². The van der Waals surface area contributed by atoms with Gasteiger partial charge in [0.1, 0.15) is 17.6 Å². The summed E-state index contributed by atoms with van der Waals surface area (Å²) in [5.74, 6) is 1.59. The Balaban J connectivity index is 1.53. The van der Waals surface area contributed by atoms with Gasteiger partial charge in [-0.05, 0) is 32.4 Å². The van der Waals surface area contributed by atoms with Crippen molar-refractivity contribution in [2.75, 3.05) is 39.6 Å².